The van der Waals surface area contributed by atoms with E-state index in [0.29, 0.717) is 22.5 Å². The number of fused-ring (bicyclic) bond motifs is 1. The summed E-state index contributed by atoms with van der Waals surface area (Å²) in [4.78, 5) is 16.5. The lowest BCUT2D eigenvalue weighted by Crippen LogP contribution is -2.15. The van der Waals surface area contributed by atoms with Gasteiger partial charge in [0.05, 0.1) is 11.1 Å². The number of anilines is 1. The molecule has 2 aromatic carbocycles. The molecule has 22 heavy (non-hydrogen) atoms. The van der Waals surface area contributed by atoms with Crippen molar-refractivity contribution in [3.05, 3.63) is 59.7 Å². The number of pyridine rings is 1. The molecule has 0 bridgehead atoms. The fourth-order valence-electron chi connectivity index (χ4n) is 2.70. The van der Waals surface area contributed by atoms with Gasteiger partial charge in [-0.05, 0) is 29.7 Å². The predicted octanol–water partition coefficient (Wildman–Crippen LogP) is 3.15. The van der Waals surface area contributed by atoms with E-state index in [2.05, 4.69) is 11.9 Å². The van der Waals surface area contributed by atoms with Gasteiger partial charge in [0, 0.05) is 10.9 Å². The third-order valence-corrected chi connectivity index (χ3v) is 3.79. The standard InChI is InChI=1S/C18H17N3O/c1-2-11-8-9-14-13(10-11)16(18(20)22)15(17(19)21-14)12-6-4-3-5-7-12/h3-10H,2H2,1H3,(H2,19,21)(H2,20,22). The summed E-state index contributed by atoms with van der Waals surface area (Å²) in [5, 5.41) is 0.750. The number of hydrogen-bond donors (Lipinski definition) is 2. The number of hydrogen-bond acceptors (Lipinski definition) is 3. The van der Waals surface area contributed by atoms with Crippen molar-refractivity contribution < 1.29 is 4.79 Å². The molecule has 0 saturated heterocycles. The van der Waals surface area contributed by atoms with Gasteiger partial charge in [-0.15, -0.1) is 0 Å². The molecule has 0 fully saturated rings. The Morgan fingerprint density at radius 2 is 1.86 bits per heavy atom. The number of benzene rings is 2. The largest absolute Gasteiger partial charge is 0.383 e. The molecule has 0 aliphatic carbocycles. The number of carbonyl (C=O) groups excluding carboxylic acids is 1. The fourth-order valence-corrected chi connectivity index (χ4v) is 2.70. The third-order valence-electron chi connectivity index (χ3n) is 3.79. The van der Waals surface area contributed by atoms with Crippen LogP contribution < -0.4 is 11.5 Å². The Labute approximate surface area is 128 Å². The Kier molecular flexibility index (Phi) is 3.51. The van der Waals surface area contributed by atoms with Crippen molar-refractivity contribution in [2.45, 2.75) is 13.3 Å². The molecule has 0 unspecified atom stereocenters. The van der Waals surface area contributed by atoms with Crippen molar-refractivity contribution in [1.29, 1.82) is 0 Å². The molecule has 1 amide bonds. The minimum Gasteiger partial charge on any atom is -0.383 e. The first-order valence-corrected chi connectivity index (χ1v) is 7.19. The van der Waals surface area contributed by atoms with Crippen LogP contribution >= 0.6 is 0 Å². The smallest absolute Gasteiger partial charge is 0.250 e. The summed E-state index contributed by atoms with van der Waals surface area (Å²) in [7, 11) is 0. The zero-order valence-corrected chi connectivity index (χ0v) is 12.3. The van der Waals surface area contributed by atoms with Gasteiger partial charge in [0.2, 0.25) is 5.91 Å². The first-order chi connectivity index (χ1) is 10.6. The Balaban J connectivity index is 2.43. The summed E-state index contributed by atoms with van der Waals surface area (Å²) in [6.07, 6.45) is 0.874. The van der Waals surface area contributed by atoms with Crippen LogP contribution in [0.1, 0.15) is 22.8 Å². The number of carbonyl (C=O) groups is 1. The van der Waals surface area contributed by atoms with Crippen molar-refractivity contribution in [3.8, 4) is 11.1 Å². The number of aromatic nitrogens is 1. The number of primary amides is 1. The van der Waals surface area contributed by atoms with Crippen molar-refractivity contribution in [3.63, 3.8) is 0 Å². The van der Waals surface area contributed by atoms with Crippen LogP contribution in [0.2, 0.25) is 0 Å². The SMILES string of the molecule is CCc1ccc2nc(N)c(-c3ccccc3)c(C(N)=O)c2c1. The Bertz CT molecular complexity index is 857. The highest BCUT2D eigenvalue weighted by atomic mass is 16.1. The van der Waals surface area contributed by atoms with Gasteiger partial charge in [-0.3, -0.25) is 4.79 Å². The van der Waals surface area contributed by atoms with E-state index in [1.807, 2.05) is 48.5 Å². The minimum absolute atomic E-state index is 0.316. The average molecular weight is 291 g/mol. The van der Waals surface area contributed by atoms with Crippen LogP contribution in [0.5, 0.6) is 0 Å². The molecular weight excluding hydrogens is 274 g/mol. The van der Waals surface area contributed by atoms with E-state index in [1.165, 1.54) is 0 Å². The topological polar surface area (TPSA) is 82.0 Å². The summed E-state index contributed by atoms with van der Waals surface area (Å²) in [5.41, 5.74) is 15.5. The second-order valence-corrected chi connectivity index (χ2v) is 5.18. The maximum Gasteiger partial charge on any atom is 0.250 e. The average Bonchev–Trinajstić information content (AvgIpc) is 2.53. The van der Waals surface area contributed by atoms with Crippen molar-refractivity contribution in [2.75, 3.05) is 5.73 Å². The highest BCUT2D eigenvalue weighted by Crippen LogP contribution is 2.33. The lowest BCUT2D eigenvalue weighted by atomic mass is 9.95. The number of nitrogens with zero attached hydrogens (tertiary/aromatic N) is 1. The van der Waals surface area contributed by atoms with Gasteiger partial charge in [-0.25, -0.2) is 4.98 Å². The molecular formula is C18H17N3O. The first kappa shape index (κ1) is 14.1. The van der Waals surface area contributed by atoms with E-state index in [4.69, 9.17) is 11.5 Å². The van der Waals surface area contributed by atoms with Gasteiger partial charge in [-0.1, -0.05) is 43.3 Å². The van der Waals surface area contributed by atoms with E-state index in [-0.39, 0.29) is 0 Å². The summed E-state index contributed by atoms with van der Waals surface area (Å²) in [6.45, 7) is 2.06. The predicted molar refractivity (Wildman–Crippen MR) is 89.5 cm³/mol. The Morgan fingerprint density at radius 1 is 1.14 bits per heavy atom. The van der Waals surface area contributed by atoms with Gasteiger partial charge >= 0.3 is 0 Å². The number of amides is 1. The monoisotopic (exact) mass is 291 g/mol. The van der Waals surface area contributed by atoms with Crippen LogP contribution in [0.15, 0.2) is 48.5 Å². The molecule has 4 N–H and O–H groups in total. The first-order valence-electron chi connectivity index (χ1n) is 7.19. The van der Waals surface area contributed by atoms with Gasteiger partial charge in [0.15, 0.2) is 0 Å². The van der Waals surface area contributed by atoms with Crippen LogP contribution in [-0.4, -0.2) is 10.9 Å². The molecule has 4 heteroatoms. The molecule has 0 atom stereocenters. The zero-order valence-electron chi connectivity index (χ0n) is 12.3. The number of aryl methyl sites for hydroxylation is 1. The minimum atomic E-state index is -0.494. The Hall–Kier alpha value is -2.88. The molecule has 0 radical (unpaired) electrons. The van der Waals surface area contributed by atoms with Crippen molar-refractivity contribution in [2.24, 2.45) is 5.73 Å². The van der Waals surface area contributed by atoms with Crippen molar-refractivity contribution in [1.82, 2.24) is 4.98 Å². The lowest BCUT2D eigenvalue weighted by molar-refractivity contribution is 0.100. The van der Waals surface area contributed by atoms with E-state index < -0.39 is 5.91 Å². The van der Waals surface area contributed by atoms with Crippen LogP contribution in [0.25, 0.3) is 22.0 Å². The lowest BCUT2D eigenvalue weighted by Gasteiger charge is -2.14. The molecule has 1 heterocycles. The molecule has 1 aromatic heterocycles. The Morgan fingerprint density at radius 3 is 2.50 bits per heavy atom. The maximum absolute atomic E-state index is 12.1. The number of nitrogen functional groups attached to an aromatic ring is 1. The molecule has 0 spiro atoms. The van der Waals surface area contributed by atoms with E-state index in [0.717, 1.165) is 22.9 Å². The molecule has 0 aliphatic heterocycles. The van der Waals surface area contributed by atoms with E-state index in [9.17, 15) is 4.79 Å². The van der Waals surface area contributed by atoms with Gasteiger partial charge in [-0.2, -0.15) is 0 Å². The molecule has 3 rings (SSSR count). The summed E-state index contributed by atoms with van der Waals surface area (Å²) in [5.74, 6) is -0.178. The van der Waals surface area contributed by atoms with Gasteiger partial charge in [0.1, 0.15) is 5.82 Å². The maximum atomic E-state index is 12.1. The number of rotatable bonds is 3. The van der Waals surface area contributed by atoms with Crippen LogP contribution in [0.4, 0.5) is 5.82 Å². The third kappa shape index (κ3) is 2.29. The molecule has 3 aromatic rings. The highest BCUT2D eigenvalue weighted by Gasteiger charge is 2.19. The number of nitrogens with two attached hydrogens (primary N) is 2. The zero-order chi connectivity index (χ0) is 15.7. The molecule has 0 saturated carbocycles. The van der Waals surface area contributed by atoms with Gasteiger partial charge in [0.25, 0.3) is 0 Å². The summed E-state index contributed by atoms with van der Waals surface area (Å²) in [6, 6.07) is 15.3. The molecule has 4 nitrogen and oxygen atoms in total. The van der Waals surface area contributed by atoms with Crippen LogP contribution in [-0.2, 0) is 6.42 Å². The van der Waals surface area contributed by atoms with Gasteiger partial charge < -0.3 is 11.5 Å². The second kappa shape index (κ2) is 5.48. The van der Waals surface area contributed by atoms with Crippen LogP contribution in [0.3, 0.4) is 0 Å². The fraction of sp³-hybridized carbons (Fsp3) is 0.111. The second-order valence-electron chi connectivity index (χ2n) is 5.18. The highest BCUT2D eigenvalue weighted by molar-refractivity contribution is 6.13. The van der Waals surface area contributed by atoms with Crippen molar-refractivity contribution >= 4 is 22.6 Å². The van der Waals surface area contributed by atoms with Crippen LogP contribution in [0, 0.1) is 0 Å². The molecule has 0 aliphatic rings. The summed E-state index contributed by atoms with van der Waals surface area (Å²) < 4.78 is 0. The quantitative estimate of drug-likeness (QED) is 0.777. The summed E-state index contributed by atoms with van der Waals surface area (Å²) >= 11 is 0. The molecule has 110 valence electrons. The van der Waals surface area contributed by atoms with E-state index >= 15 is 0 Å². The van der Waals surface area contributed by atoms with E-state index in [1.54, 1.807) is 0 Å². The normalized spacial score (nSPS) is 10.8.